The number of nitrogens with one attached hydrogen (secondary N) is 1. The fraction of sp³-hybridized carbons (Fsp3) is 0.333. The Morgan fingerprint density at radius 1 is 0.926 bits per heavy atom. The van der Waals surface area contributed by atoms with E-state index in [0.717, 1.165) is 30.9 Å². The minimum Gasteiger partial charge on any atom is -0.486 e. The summed E-state index contributed by atoms with van der Waals surface area (Å²) >= 11 is 0. The second-order valence-corrected chi connectivity index (χ2v) is 6.72. The first-order valence-corrected chi connectivity index (χ1v) is 9.28. The van der Waals surface area contributed by atoms with Gasteiger partial charge in [-0.3, -0.25) is 14.5 Å². The summed E-state index contributed by atoms with van der Waals surface area (Å²) in [6.07, 6.45) is 1.62. The number of carbonyl (C=O) groups excluding carboxylic acids is 2. The van der Waals surface area contributed by atoms with Crippen molar-refractivity contribution in [1.29, 1.82) is 0 Å². The first kappa shape index (κ1) is 17.5. The van der Waals surface area contributed by atoms with Gasteiger partial charge in [-0.25, -0.2) is 0 Å². The van der Waals surface area contributed by atoms with Gasteiger partial charge in [0.2, 0.25) is 0 Å². The summed E-state index contributed by atoms with van der Waals surface area (Å²) in [6.45, 7) is 2.47. The standard InChI is InChI=1S/C21H22N2O4/c24-20-16-7-1-2-8-17(16)21(25)23(20)12-6-5-11-22-13-15-14-26-18-9-3-4-10-19(18)27-15/h1-4,7-10,15,22H,5-6,11-14H2. The third-order valence-corrected chi connectivity index (χ3v) is 4.80. The van der Waals surface area contributed by atoms with Gasteiger partial charge in [-0.05, 0) is 43.7 Å². The van der Waals surface area contributed by atoms with Crippen molar-refractivity contribution < 1.29 is 19.1 Å². The quantitative estimate of drug-likeness (QED) is 0.602. The van der Waals surface area contributed by atoms with E-state index in [-0.39, 0.29) is 17.9 Å². The van der Waals surface area contributed by atoms with E-state index in [4.69, 9.17) is 9.47 Å². The number of fused-ring (bicyclic) bond motifs is 2. The highest BCUT2D eigenvalue weighted by Crippen LogP contribution is 2.30. The van der Waals surface area contributed by atoms with Crippen molar-refractivity contribution >= 4 is 11.8 Å². The molecule has 4 rings (SSSR count). The topological polar surface area (TPSA) is 67.9 Å². The Kier molecular flexibility index (Phi) is 5.07. The summed E-state index contributed by atoms with van der Waals surface area (Å²) in [5.74, 6) is 1.20. The largest absolute Gasteiger partial charge is 0.486 e. The van der Waals surface area contributed by atoms with Crippen LogP contribution < -0.4 is 14.8 Å². The van der Waals surface area contributed by atoms with Crippen molar-refractivity contribution in [2.24, 2.45) is 0 Å². The number of para-hydroxylation sites is 2. The Balaban J connectivity index is 1.16. The molecule has 2 aromatic carbocycles. The van der Waals surface area contributed by atoms with E-state index in [1.807, 2.05) is 24.3 Å². The second kappa shape index (κ2) is 7.80. The molecule has 0 fully saturated rings. The molecular weight excluding hydrogens is 344 g/mol. The van der Waals surface area contributed by atoms with Crippen LogP contribution in [0.15, 0.2) is 48.5 Å². The van der Waals surface area contributed by atoms with Gasteiger partial charge in [0.15, 0.2) is 11.5 Å². The number of carbonyl (C=O) groups is 2. The van der Waals surface area contributed by atoms with Crippen LogP contribution in [0.4, 0.5) is 0 Å². The van der Waals surface area contributed by atoms with Crippen LogP contribution in [0.5, 0.6) is 11.5 Å². The van der Waals surface area contributed by atoms with Gasteiger partial charge in [-0.1, -0.05) is 24.3 Å². The molecule has 0 bridgehead atoms. The first-order valence-electron chi connectivity index (χ1n) is 9.28. The molecule has 27 heavy (non-hydrogen) atoms. The van der Waals surface area contributed by atoms with E-state index in [9.17, 15) is 9.59 Å². The number of ether oxygens (including phenoxy) is 2. The van der Waals surface area contributed by atoms with Crippen LogP contribution in [0.3, 0.4) is 0 Å². The maximum absolute atomic E-state index is 12.3. The number of unbranched alkanes of at least 4 members (excludes halogenated alkanes) is 1. The molecule has 0 aliphatic carbocycles. The predicted molar refractivity (Wildman–Crippen MR) is 100 cm³/mol. The minimum atomic E-state index is -0.185. The van der Waals surface area contributed by atoms with Crippen LogP contribution in [-0.2, 0) is 0 Å². The summed E-state index contributed by atoms with van der Waals surface area (Å²) in [5.41, 5.74) is 1.02. The van der Waals surface area contributed by atoms with Crippen molar-refractivity contribution in [3.8, 4) is 11.5 Å². The molecule has 140 valence electrons. The fourth-order valence-corrected chi connectivity index (χ4v) is 3.39. The van der Waals surface area contributed by atoms with Gasteiger partial charge in [0.25, 0.3) is 11.8 Å². The van der Waals surface area contributed by atoms with Gasteiger partial charge in [-0.2, -0.15) is 0 Å². The van der Waals surface area contributed by atoms with Gasteiger partial charge in [-0.15, -0.1) is 0 Å². The zero-order valence-electron chi connectivity index (χ0n) is 15.0. The lowest BCUT2D eigenvalue weighted by atomic mass is 10.1. The van der Waals surface area contributed by atoms with E-state index in [1.165, 1.54) is 4.90 Å². The van der Waals surface area contributed by atoms with Crippen molar-refractivity contribution in [1.82, 2.24) is 10.2 Å². The smallest absolute Gasteiger partial charge is 0.261 e. The maximum atomic E-state index is 12.3. The third kappa shape index (κ3) is 3.66. The molecule has 0 spiro atoms. The summed E-state index contributed by atoms with van der Waals surface area (Å²) < 4.78 is 11.6. The maximum Gasteiger partial charge on any atom is 0.261 e. The molecule has 0 saturated heterocycles. The molecule has 2 aromatic rings. The first-order chi connectivity index (χ1) is 13.2. The average molecular weight is 366 g/mol. The number of rotatable bonds is 7. The molecule has 6 nitrogen and oxygen atoms in total. The predicted octanol–water partition coefficient (Wildman–Crippen LogP) is 2.49. The minimum absolute atomic E-state index is 0.0175. The Morgan fingerprint density at radius 2 is 1.59 bits per heavy atom. The highest BCUT2D eigenvalue weighted by Gasteiger charge is 2.34. The van der Waals surface area contributed by atoms with Crippen molar-refractivity contribution in [3.63, 3.8) is 0 Å². The molecule has 0 saturated carbocycles. The lowest BCUT2D eigenvalue weighted by molar-refractivity contribution is 0.0651. The molecule has 2 heterocycles. The van der Waals surface area contributed by atoms with E-state index >= 15 is 0 Å². The molecule has 2 aliphatic rings. The molecule has 0 radical (unpaired) electrons. The number of nitrogens with zero attached hydrogens (tertiary/aromatic N) is 1. The number of amides is 2. The van der Waals surface area contributed by atoms with Crippen LogP contribution in [0.25, 0.3) is 0 Å². The molecule has 0 aromatic heterocycles. The van der Waals surface area contributed by atoms with E-state index < -0.39 is 0 Å². The number of hydrogen-bond donors (Lipinski definition) is 1. The van der Waals surface area contributed by atoms with Crippen LogP contribution in [0.2, 0.25) is 0 Å². The monoisotopic (exact) mass is 366 g/mol. The van der Waals surface area contributed by atoms with Gasteiger partial charge >= 0.3 is 0 Å². The van der Waals surface area contributed by atoms with Crippen molar-refractivity contribution in [2.45, 2.75) is 18.9 Å². The molecule has 2 aliphatic heterocycles. The van der Waals surface area contributed by atoms with E-state index in [2.05, 4.69) is 5.32 Å². The summed E-state index contributed by atoms with van der Waals surface area (Å²) in [4.78, 5) is 25.9. The molecule has 1 N–H and O–H groups in total. The molecule has 1 unspecified atom stereocenters. The lowest BCUT2D eigenvalue weighted by Crippen LogP contribution is -2.39. The van der Waals surface area contributed by atoms with Gasteiger partial charge in [0, 0.05) is 13.1 Å². The number of hydrogen-bond acceptors (Lipinski definition) is 5. The summed E-state index contributed by atoms with van der Waals surface area (Å²) in [6, 6.07) is 14.6. The van der Waals surface area contributed by atoms with Gasteiger partial charge in [0.05, 0.1) is 11.1 Å². The highest BCUT2D eigenvalue weighted by atomic mass is 16.6. The van der Waals surface area contributed by atoms with E-state index in [1.54, 1.807) is 24.3 Å². The van der Waals surface area contributed by atoms with Crippen LogP contribution >= 0.6 is 0 Å². The fourth-order valence-electron chi connectivity index (χ4n) is 3.39. The van der Waals surface area contributed by atoms with Crippen LogP contribution in [0.1, 0.15) is 33.6 Å². The average Bonchev–Trinajstić information content (AvgIpc) is 2.95. The van der Waals surface area contributed by atoms with Gasteiger partial charge < -0.3 is 14.8 Å². The summed E-state index contributed by atoms with van der Waals surface area (Å²) in [7, 11) is 0. The summed E-state index contributed by atoms with van der Waals surface area (Å²) in [5, 5.41) is 3.36. The van der Waals surface area contributed by atoms with Crippen LogP contribution in [0, 0.1) is 0 Å². The zero-order valence-corrected chi connectivity index (χ0v) is 15.0. The second-order valence-electron chi connectivity index (χ2n) is 6.72. The number of imide groups is 1. The molecular formula is C21H22N2O4. The highest BCUT2D eigenvalue weighted by molar-refractivity contribution is 6.21. The zero-order chi connectivity index (χ0) is 18.6. The van der Waals surface area contributed by atoms with E-state index in [0.29, 0.717) is 30.8 Å². The molecule has 1 atom stereocenters. The van der Waals surface area contributed by atoms with Crippen molar-refractivity contribution in [2.75, 3.05) is 26.2 Å². The van der Waals surface area contributed by atoms with Crippen molar-refractivity contribution in [3.05, 3.63) is 59.7 Å². The SMILES string of the molecule is O=C1c2ccccc2C(=O)N1CCCCNCC1COc2ccccc2O1. The third-order valence-electron chi connectivity index (χ3n) is 4.80. The normalized spacial score (nSPS) is 17.9. The Morgan fingerprint density at radius 3 is 2.33 bits per heavy atom. The Hall–Kier alpha value is -2.86. The molecule has 6 heteroatoms. The van der Waals surface area contributed by atoms with Crippen LogP contribution in [-0.4, -0.2) is 49.1 Å². The lowest BCUT2D eigenvalue weighted by Gasteiger charge is -2.26. The number of benzene rings is 2. The van der Waals surface area contributed by atoms with Gasteiger partial charge in [0.1, 0.15) is 12.7 Å². The Bertz CT molecular complexity index is 817. The molecule has 2 amide bonds. The Labute approximate surface area is 158 Å².